The summed E-state index contributed by atoms with van der Waals surface area (Å²) in [6.45, 7) is 4.15. The minimum atomic E-state index is -3.56. The van der Waals surface area contributed by atoms with Gasteiger partial charge in [0.15, 0.2) is 0 Å². The summed E-state index contributed by atoms with van der Waals surface area (Å²) in [5.41, 5.74) is 2.28. The third kappa shape index (κ3) is 4.87. The third-order valence-corrected chi connectivity index (χ3v) is 7.64. The van der Waals surface area contributed by atoms with E-state index >= 15 is 0 Å². The highest BCUT2D eigenvalue weighted by Gasteiger charge is 2.29. The molecule has 2 aromatic rings. The highest BCUT2D eigenvalue weighted by atomic mass is 32.2. The topological polar surface area (TPSA) is 66.5 Å². The van der Waals surface area contributed by atoms with E-state index in [9.17, 15) is 13.2 Å². The Morgan fingerprint density at radius 1 is 1.00 bits per heavy atom. The van der Waals surface area contributed by atoms with Gasteiger partial charge in [0.05, 0.1) is 4.90 Å². The van der Waals surface area contributed by atoms with Crippen molar-refractivity contribution in [2.24, 2.45) is 0 Å². The van der Waals surface area contributed by atoms with Gasteiger partial charge in [-0.05, 0) is 54.7 Å². The van der Waals surface area contributed by atoms with E-state index in [1.54, 1.807) is 19.2 Å². The van der Waals surface area contributed by atoms with Crippen LogP contribution in [0.4, 0.5) is 5.69 Å². The first-order chi connectivity index (χ1) is 13.8. The number of amides is 1. The van der Waals surface area contributed by atoms with Gasteiger partial charge in [0.25, 0.3) is 5.91 Å². The Labute approximate surface area is 174 Å². The van der Waals surface area contributed by atoms with Gasteiger partial charge in [-0.25, -0.2) is 8.42 Å². The Morgan fingerprint density at radius 2 is 1.62 bits per heavy atom. The number of hydrogen-bond donors (Lipinski definition) is 1. The maximum absolute atomic E-state index is 12.9. The molecule has 0 aromatic heterocycles. The number of para-hydroxylation sites is 1. The summed E-state index contributed by atoms with van der Waals surface area (Å²) in [5.74, 6) is 0.0389. The molecule has 1 aliphatic rings. The second kappa shape index (κ2) is 9.09. The fraction of sp³-hybridized carbons (Fsp3) is 0.435. The zero-order chi connectivity index (χ0) is 21.0. The Bertz CT molecular complexity index is 946. The molecule has 1 fully saturated rings. The largest absolute Gasteiger partial charge is 0.322 e. The minimum Gasteiger partial charge on any atom is -0.322 e. The van der Waals surface area contributed by atoms with Gasteiger partial charge in [-0.2, -0.15) is 4.31 Å². The number of carbonyl (C=O) groups excluding carboxylic acids is 1. The molecule has 1 amide bonds. The zero-order valence-corrected chi connectivity index (χ0v) is 18.2. The molecule has 3 rings (SSSR count). The number of hydrogen-bond acceptors (Lipinski definition) is 3. The van der Waals surface area contributed by atoms with Crippen LogP contribution in [-0.4, -0.2) is 31.7 Å². The van der Waals surface area contributed by atoms with Crippen molar-refractivity contribution >= 4 is 21.6 Å². The molecule has 2 aromatic carbocycles. The predicted molar refractivity (Wildman–Crippen MR) is 117 cm³/mol. The lowest BCUT2D eigenvalue weighted by Crippen LogP contribution is -2.38. The van der Waals surface area contributed by atoms with Gasteiger partial charge in [-0.15, -0.1) is 0 Å². The number of nitrogens with zero attached hydrogens (tertiary/aromatic N) is 1. The number of carbonyl (C=O) groups is 1. The first-order valence-electron chi connectivity index (χ1n) is 10.3. The number of rotatable bonds is 6. The van der Waals surface area contributed by atoms with E-state index < -0.39 is 10.0 Å². The SMILES string of the molecule is CC(C)c1ccccc1NC(=O)c1ccc(S(=O)(=O)N(C)C2CCCCC2)cc1. The summed E-state index contributed by atoms with van der Waals surface area (Å²) in [7, 11) is -1.89. The van der Waals surface area contributed by atoms with Crippen LogP contribution in [0.1, 0.15) is 67.8 Å². The van der Waals surface area contributed by atoms with Crippen LogP contribution in [0.2, 0.25) is 0 Å². The molecule has 0 bridgehead atoms. The molecule has 29 heavy (non-hydrogen) atoms. The molecule has 1 aliphatic carbocycles. The molecule has 0 spiro atoms. The Hall–Kier alpha value is -2.18. The van der Waals surface area contributed by atoms with Crippen LogP contribution < -0.4 is 5.32 Å². The van der Waals surface area contributed by atoms with Crippen LogP contribution >= 0.6 is 0 Å². The van der Waals surface area contributed by atoms with Crippen LogP contribution in [0.5, 0.6) is 0 Å². The number of anilines is 1. The molecular formula is C23H30N2O3S. The summed E-state index contributed by atoms with van der Waals surface area (Å²) >= 11 is 0. The summed E-state index contributed by atoms with van der Waals surface area (Å²) < 4.78 is 27.4. The van der Waals surface area contributed by atoms with E-state index in [4.69, 9.17) is 0 Å². The van der Waals surface area contributed by atoms with Crippen molar-refractivity contribution in [3.63, 3.8) is 0 Å². The van der Waals surface area contributed by atoms with Gasteiger partial charge < -0.3 is 5.32 Å². The standard InChI is InChI=1S/C23H30N2O3S/c1-17(2)21-11-7-8-12-22(21)24-23(26)18-13-15-20(16-14-18)29(27,28)25(3)19-9-5-4-6-10-19/h7-8,11-17,19H,4-6,9-10H2,1-3H3,(H,24,26). The Balaban J connectivity index is 1.75. The van der Waals surface area contributed by atoms with Crippen molar-refractivity contribution in [2.45, 2.75) is 62.8 Å². The molecule has 0 saturated heterocycles. The molecule has 0 atom stereocenters. The molecule has 0 unspecified atom stereocenters. The summed E-state index contributed by atoms with van der Waals surface area (Å²) in [4.78, 5) is 12.9. The van der Waals surface area contributed by atoms with Crippen LogP contribution in [0.15, 0.2) is 53.4 Å². The highest BCUT2D eigenvalue weighted by Crippen LogP contribution is 2.27. The van der Waals surface area contributed by atoms with Crippen molar-refractivity contribution in [1.82, 2.24) is 4.31 Å². The van der Waals surface area contributed by atoms with Crippen molar-refractivity contribution in [1.29, 1.82) is 0 Å². The van der Waals surface area contributed by atoms with E-state index in [2.05, 4.69) is 19.2 Å². The maximum Gasteiger partial charge on any atom is 0.255 e. The molecule has 156 valence electrons. The summed E-state index contributed by atoms with van der Waals surface area (Å²) in [6, 6.07) is 14.0. The molecule has 0 radical (unpaired) electrons. The van der Waals surface area contributed by atoms with Gasteiger partial charge in [-0.1, -0.05) is 51.3 Å². The molecule has 0 heterocycles. The zero-order valence-electron chi connectivity index (χ0n) is 17.4. The number of benzene rings is 2. The highest BCUT2D eigenvalue weighted by molar-refractivity contribution is 7.89. The van der Waals surface area contributed by atoms with Crippen molar-refractivity contribution in [3.05, 3.63) is 59.7 Å². The van der Waals surface area contributed by atoms with Crippen LogP contribution in [0.25, 0.3) is 0 Å². The van der Waals surface area contributed by atoms with Gasteiger partial charge >= 0.3 is 0 Å². The van der Waals surface area contributed by atoms with Crippen LogP contribution in [0, 0.1) is 0 Å². The second-order valence-electron chi connectivity index (χ2n) is 8.03. The van der Waals surface area contributed by atoms with E-state index in [0.717, 1.165) is 36.9 Å². The first kappa shape index (κ1) is 21.5. The van der Waals surface area contributed by atoms with E-state index in [0.29, 0.717) is 5.56 Å². The Kier molecular flexibility index (Phi) is 6.75. The average molecular weight is 415 g/mol. The molecule has 6 heteroatoms. The predicted octanol–water partition coefficient (Wildman–Crippen LogP) is 5.02. The minimum absolute atomic E-state index is 0.0595. The summed E-state index contributed by atoms with van der Waals surface area (Å²) in [6.07, 6.45) is 5.13. The lowest BCUT2D eigenvalue weighted by molar-refractivity contribution is 0.102. The fourth-order valence-electron chi connectivity index (χ4n) is 3.89. The molecule has 0 aliphatic heterocycles. The molecule has 5 nitrogen and oxygen atoms in total. The van der Waals surface area contributed by atoms with Gasteiger partial charge in [0, 0.05) is 24.3 Å². The van der Waals surface area contributed by atoms with E-state index in [-0.39, 0.29) is 22.8 Å². The Morgan fingerprint density at radius 3 is 2.24 bits per heavy atom. The fourth-order valence-corrected chi connectivity index (χ4v) is 5.31. The van der Waals surface area contributed by atoms with E-state index in [1.165, 1.54) is 22.9 Å². The smallest absolute Gasteiger partial charge is 0.255 e. The third-order valence-electron chi connectivity index (χ3n) is 5.71. The molecule has 1 saturated carbocycles. The van der Waals surface area contributed by atoms with Crippen molar-refractivity contribution in [2.75, 3.05) is 12.4 Å². The van der Waals surface area contributed by atoms with Crippen molar-refractivity contribution < 1.29 is 13.2 Å². The summed E-state index contributed by atoms with van der Waals surface area (Å²) in [5, 5.41) is 2.94. The van der Waals surface area contributed by atoms with Gasteiger partial charge in [-0.3, -0.25) is 4.79 Å². The normalized spacial score (nSPS) is 15.6. The lowest BCUT2D eigenvalue weighted by Gasteiger charge is -2.30. The molecular weight excluding hydrogens is 384 g/mol. The monoisotopic (exact) mass is 414 g/mol. The maximum atomic E-state index is 12.9. The average Bonchev–Trinajstić information content (AvgIpc) is 2.74. The second-order valence-corrected chi connectivity index (χ2v) is 10.0. The quantitative estimate of drug-likeness (QED) is 0.722. The van der Waals surface area contributed by atoms with E-state index in [1.807, 2.05) is 24.3 Å². The van der Waals surface area contributed by atoms with Gasteiger partial charge in [0.1, 0.15) is 0 Å². The van der Waals surface area contributed by atoms with Crippen LogP contribution in [-0.2, 0) is 10.0 Å². The molecule has 1 N–H and O–H groups in total. The van der Waals surface area contributed by atoms with Crippen molar-refractivity contribution in [3.8, 4) is 0 Å². The van der Waals surface area contributed by atoms with Crippen LogP contribution in [0.3, 0.4) is 0 Å². The van der Waals surface area contributed by atoms with Gasteiger partial charge in [0.2, 0.25) is 10.0 Å². The first-order valence-corrected chi connectivity index (χ1v) is 11.7. The lowest BCUT2D eigenvalue weighted by atomic mass is 9.96. The number of sulfonamides is 1. The number of nitrogens with one attached hydrogen (secondary N) is 1.